The monoisotopic (exact) mass is 310 g/mol. The Kier molecular flexibility index (Phi) is 4.75. The maximum Gasteiger partial charge on any atom is 0.175 e. The Labute approximate surface area is 123 Å². The maximum absolute atomic E-state index is 11.3. The van der Waals surface area contributed by atoms with Crippen molar-refractivity contribution < 1.29 is 8.42 Å². The molecule has 2 aromatic rings. The average molecular weight is 311 g/mol. The van der Waals surface area contributed by atoms with Crippen molar-refractivity contribution in [3.63, 3.8) is 0 Å². The van der Waals surface area contributed by atoms with Crippen molar-refractivity contribution in [2.45, 2.75) is 18.0 Å². The van der Waals surface area contributed by atoms with Crippen LogP contribution < -0.4 is 5.32 Å². The number of sulfone groups is 1. The quantitative estimate of drug-likeness (QED) is 0.921. The van der Waals surface area contributed by atoms with E-state index in [4.69, 9.17) is 11.6 Å². The van der Waals surface area contributed by atoms with Crippen LogP contribution in [0, 0.1) is 0 Å². The fraction of sp³-hybridized carbons (Fsp3) is 0.214. The minimum absolute atomic E-state index is 0.332. The van der Waals surface area contributed by atoms with Crippen molar-refractivity contribution in [3.8, 4) is 0 Å². The topological polar surface area (TPSA) is 59.1 Å². The van der Waals surface area contributed by atoms with E-state index in [-0.39, 0.29) is 0 Å². The molecule has 0 unspecified atom stereocenters. The van der Waals surface area contributed by atoms with E-state index in [1.165, 1.54) is 6.26 Å². The van der Waals surface area contributed by atoms with Gasteiger partial charge in [0.05, 0.1) is 9.92 Å². The number of pyridine rings is 1. The van der Waals surface area contributed by atoms with Gasteiger partial charge in [-0.05, 0) is 29.3 Å². The lowest BCUT2D eigenvalue weighted by Crippen LogP contribution is -2.13. The van der Waals surface area contributed by atoms with Crippen LogP contribution in [0.25, 0.3) is 0 Å². The zero-order valence-corrected chi connectivity index (χ0v) is 12.6. The van der Waals surface area contributed by atoms with Crippen LogP contribution >= 0.6 is 11.6 Å². The van der Waals surface area contributed by atoms with Crippen molar-refractivity contribution in [1.82, 2.24) is 10.3 Å². The van der Waals surface area contributed by atoms with Crippen LogP contribution in [0.15, 0.2) is 47.6 Å². The Balaban J connectivity index is 1.94. The normalized spacial score (nSPS) is 11.5. The lowest BCUT2D eigenvalue weighted by atomic mass is 10.2. The standard InChI is InChI=1S/C14H15ClN2O2S/c1-20(18,19)13-4-2-11(3-5-13)8-17-9-12-6-7-16-10-14(12)15/h2-7,10,17H,8-9H2,1H3. The number of rotatable bonds is 5. The molecule has 0 bridgehead atoms. The van der Waals surface area contributed by atoms with Crippen LogP contribution in [0.4, 0.5) is 0 Å². The predicted octanol–water partition coefficient (Wildman–Crippen LogP) is 2.43. The summed E-state index contributed by atoms with van der Waals surface area (Å²) in [5.74, 6) is 0. The van der Waals surface area contributed by atoms with Gasteiger partial charge in [-0.2, -0.15) is 0 Å². The Morgan fingerprint density at radius 3 is 2.45 bits per heavy atom. The number of nitrogens with one attached hydrogen (secondary N) is 1. The second-order valence-electron chi connectivity index (χ2n) is 4.49. The van der Waals surface area contributed by atoms with Crippen LogP contribution in [-0.2, 0) is 22.9 Å². The highest BCUT2D eigenvalue weighted by Crippen LogP contribution is 2.13. The fourth-order valence-corrected chi connectivity index (χ4v) is 2.56. The Bertz CT molecular complexity index is 685. The first-order valence-electron chi connectivity index (χ1n) is 6.05. The van der Waals surface area contributed by atoms with E-state index in [1.807, 2.05) is 6.07 Å². The summed E-state index contributed by atoms with van der Waals surface area (Å²) in [5.41, 5.74) is 2.00. The molecule has 20 heavy (non-hydrogen) atoms. The van der Waals surface area contributed by atoms with Gasteiger partial charge in [0, 0.05) is 31.7 Å². The molecule has 2 rings (SSSR count). The number of aromatic nitrogens is 1. The number of halogens is 1. The first kappa shape index (κ1) is 15.0. The van der Waals surface area contributed by atoms with Gasteiger partial charge in [0.15, 0.2) is 9.84 Å². The highest BCUT2D eigenvalue weighted by Gasteiger charge is 2.06. The molecule has 0 spiro atoms. The van der Waals surface area contributed by atoms with Gasteiger partial charge in [0.2, 0.25) is 0 Å². The second kappa shape index (κ2) is 6.35. The second-order valence-corrected chi connectivity index (χ2v) is 6.91. The molecule has 0 radical (unpaired) electrons. The molecule has 106 valence electrons. The third-order valence-corrected chi connectivity index (χ3v) is 4.32. The number of hydrogen-bond donors (Lipinski definition) is 1. The third-order valence-electron chi connectivity index (χ3n) is 2.85. The SMILES string of the molecule is CS(=O)(=O)c1ccc(CNCc2ccncc2Cl)cc1. The molecule has 0 amide bonds. The summed E-state index contributed by atoms with van der Waals surface area (Å²) in [6, 6.07) is 8.70. The lowest BCUT2D eigenvalue weighted by Gasteiger charge is -2.07. The molecular formula is C14H15ClN2O2S. The van der Waals surface area contributed by atoms with Gasteiger partial charge in [0.25, 0.3) is 0 Å². The zero-order chi connectivity index (χ0) is 14.6. The van der Waals surface area contributed by atoms with Crippen molar-refractivity contribution in [2.75, 3.05) is 6.26 Å². The van der Waals surface area contributed by atoms with Gasteiger partial charge in [-0.3, -0.25) is 4.98 Å². The summed E-state index contributed by atoms with van der Waals surface area (Å²) < 4.78 is 22.7. The van der Waals surface area contributed by atoms with Crippen molar-refractivity contribution in [3.05, 3.63) is 58.9 Å². The van der Waals surface area contributed by atoms with Gasteiger partial charge in [-0.25, -0.2) is 8.42 Å². The zero-order valence-electron chi connectivity index (χ0n) is 11.0. The first-order chi connectivity index (χ1) is 9.47. The van der Waals surface area contributed by atoms with Crippen molar-refractivity contribution in [2.24, 2.45) is 0 Å². The molecule has 1 aromatic carbocycles. The fourth-order valence-electron chi connectivity index (χ4n) is 1.74. The molecule has 1 N–H and O–H groups in total. The number of benzene rings is 1. The summed E-state index contributed by atoms with van der Waals surface area (Å²) in [6.45, 7) is 1.28. The van der Waals surface area contributed by atoms with Gasteiger partial charge in [-0.15, -0.1) is 0 Å². The van der Waals surface area contributed by atoms with E-state index in [2.05, 4.69) is 10.3 Å². The number of hydrogen-bond acceptors (Lipinski definition) is 4. The van der Waals surface area contributed by atoms with E-state index in [0.29, 0.717) is 23.0 Å². The van der Waals surface area contributed by atoms with E-state index in [0.717, 1.165) is 11.1 Å². The summed E-state index contributed by atoms with van der Waals surface area (Å²) in [5, 5.41) is 3.89. The van der Waals surface area contributed by atoms with Crippen LogP contribution in [0.3, 0.4) is 0 Å². The Morgan fingerprint density at radius 2 is 1.85 bits per heavy atom. The third kappa shape index (κ3) is 4.03. The largest absolute Gasteiger partial charge is 0.309 e. The van der Waals surface area contributed by atoms with Gasteiger partial charge >= 0.3 is 0 Å². The van der Waals surface area contributed by atoms with Crippen LogP contribution in [0.5, 0.6) is 0 Å². The summed E-state index contributed by atoms with van der Waals surface area (Å²) >= 11 is 6.01. The lowest BCUT2D eigenvalue weighted by molar-refractivity contribution is 0.602. The average Bonchev–Trinajstić information content (AvgIpc) is 2.40. The molecule has 0 saturated heterocycles. The Morgan fingerprint density at radius 1 is 1.15 bits per heavy atom. The molecule has 1 aromatic heterocycles. The van der Waals surface area contributed by atoms with Crippen molar-refractivity contribution >= 4 is 21.4 Å². The van der Waals surface area contributed by atoms with Crippen LogP contribution in [0.1, 0.15) is 11.1 Å². The molecule has 0 atom stereocenters. The number of nitrogens with zero attached hydrogens (tertiary/aromatic N) is 1. The molecule has 6 heteroatoms. The van der Waals surface area contributed by atoms with Crippen molar-refractivity contribution in [1.29, 1.82) is 0 Å². The smallest absolute Gasteiger partial charge is 0.175 e. The molecule has 0 saturated carbocycles. The maximum atomic E-state index is 11.3. The molecular weight excluding hydrogens is 296 g/mol. The summed E-state index contributed by atoms with van der Waals surface area (Å²) in [7, 11) is -3.13. The van der Waals surface area contributed by atoms with E-state index in [9.17, 15) is 8.42 Å². The predicted molar refractivity (Wildman–Crippen MR) is 79.3 cm³/mol. The minimum Gasteiger partial charge on any atom is -0.309 e. The van der Waals surface area contributed by atoms with Crippen LogP contribution in [0.2, 0.25) is 5.02 Å². The molecule has 1 heterocycles. The first-order valence-corrected chi connectivity index (χ1v) is 8.32. The van der Waals surface area contributed by atoms with Gasteiger partial charge < -0.3 is 5.32 Å². The van der Waals surface area contributed by atoms with Crippen LogP contribution in [-0.4, -0.2) is 19.7 Å². The molecule has 0 aliphatic carbocycles. The van der Waals surface area contributed by atoms with E-state index in [1.54, 1.807) is 36.7 Å². The van der Waals surface area contributed by atoms with Gasteiger partial charge in [0.1, 0.15) is 0 Å². The Hall–Kier alpha value is -1.43. The van der Waals surface area contributed by atoms with E-state index >= 15 is 0 Å². The molecule has 4 nitrogen and oxygen atoms in total. The van der Waals surface area contributed by atoms with E-state index < -0.39 is 9.84 Å². The summed E-state index contributed by atoms with van der Waals surface area (Å²) in [6.07, 6.45) is 4.51. The molecule has 0 aliphatic heterocycles. The summed E-state index contributed by atoms with van der Waals surface area (Å²) in [4.78, 5) is 4.26. The molecule has 0 aliphatic rings. The highest BCUT2D eigenvalue weighted by atomic mass is 35.5. The molecule has 0 fully saturated rings. The highest BCUT2D eigenvalue weighted by molar-refractivity contribution is 7.90. The van der Waals surface area contributed by atoms with Gasteiger partial charge in [-0.1, -0.05) is 23.7 Å². The minimum atomic E-state index is -3.13.